The Bertz CT molecular complexity index is 2460. The van der Waals surface area contributed by atoms with E-state index in [1.165, 1.54) is 27.9 Å². The number of likely N-dealkylation sites (tertiary alicyclic amines) is 1. The van der Waals surface area contributed by atoms with E-state index < -0.39 is 103 Å². The summed E-state index contributed by atoms with van der Waals surface area (Å²) in [5.74, 6) is -2.18. The zero-order valence-corrected chi connectivity index (χ0v) is 26.3. The van der Waals surface area contributed by atoms with E-state index in [1.807, 2.05) is 0 Å². The smallest absolute Gasteiger partial charge is 0.153 e. The maximum absolute atomic E-state index is 9.32. The van der Waals surface area contributed by atoms with Gasteiger partial charge in [-0.25, -0.2) is 0 Å². The van der Waals surface area contributed by atoms with Gasteiger partial charge in [0.15, 0.2) is 5.75 Å². The Morgan fingerprint density at radius 3 is 2.51 bits per heavy atom. The SMILES string of the molecule is [2H]c1c([2H])c(Oc2c(-c3c([2H])c([2H])c(OC([2H])([2H])C)c([2H])c3C)sc3c([2H])c(OC)c(C)c([2H])c23)c(C)c([2H])c1OC([2H])([2H])C([2H])(C)N1C([2H])(C)C([2H])([2H])C([2H])([2H])C([2H])([2H])C1(C)C. The summed E-state index contributed by atoms with van der Waals surface area (Å²) in [7, 11) is 1.30. The zero-order valence-electron chi connectivity index (χ0n) is 45.5. The fraction of sp³-hybridized carbons (Fsp3) is 0.459. The van der Waals surface area contributed by atoms with E-state index in [4.69, 9.17) is 45.0 Å². The molecule has 0 radical (unpaired) electrons. The summed E-state index contributed by atoms with van der Waals surface area (Å²) in [5, 5.41) is -0.0365. The lowest BCUT2D eigenvalue weighted by molar-refractivity contribution is -0.0169. The first kappa shape index (κ1) is 14.7. The first-order chi connectivity index (χ1) is 28.2. The van der Waals surface area contributed by atoms with Crippen molar-refractivity contribution in [3.8, 4) is 39.2 Å². The van der Waals surface area contributed by atoms with Crippen molar-refractivity contribution in [1.82, 2.24) is 4.90 Å². The number of benzene rings is 3. The fourth-order valence-electron chi connectivity index (χ4n) is 4.75. The van der Waals surface area contributed by atoms with Crippen LogP contribution in [0.3, 0.4) is 0 Å². The number of hydrogen-bond donors (Lipinski definition) is 0. The molecule has 6 heteroatoms. The van der Waals surface area contributed by atoms with Crippen LogP contribution in [0.5, 0.6) is 28.7 Å². The van der Waals surface area contributed by atoms with Gasteiger partial charge in [-0.15, -0.1) is 11.3 Å². The van der Waals surface area contributed by atoms with Crippen LogP contribution in [0.25, 0.3) is 20.5 Å². The second-order valence-corrected chi connectivity index (χ2v) is 11.3. The molecular weight excluding hydrogens is 554 g/mol. The lowest BCUT2D eigenvalue weighted by Gasteiger charge is -2.49. The second-order valence-electron chi connectivity index (χ2n) is 10.3. The number of piperidine rings is 1. The molecule has 0 bridgehead atoms. The van der Waals surface area contributed by atoms with Crippen LogP contribution in [0.2, 0.25) is 0 Å². The summed E-state index contributed by atoms with van der Waals surface area (Å²) >= 11 is 0.825. The number of nitrogens with zero attached hydrogens (tertiary/aromatic N) is 1. The van der Waals surface area contributed by atoms with Gasteiger partial charge in [0, 0.05) is 37.3 Å². The van der Waals surface area contributed by atoms with E-state index in [1.54, 1.807) is 0 Å². The molecule has 1 saturated heterocycles. The van der Waals surface area contributed by atoms with Crippen molar-refractivity contribution < 1.29 is 46.4 Å². The molecule has 1 aliphatic rings. The van der Waals surface area contributed by atoms with Gasteiger partial charge in [0.25, 0.3) is 0 Å². The molecule has 4 aromatic rings. The van der Waals surface area contributed by atoms with Crippen LogP contribution in [0, 0.1) is 20.8 Å². The molecule has 5 rings (SSSR count). The van der Waals surface area contributed by atoms with Gasteiger partial charge < -0.3 is 18.9 Å². The molecule has 3 aromatic carbocycles. The van der Waals surface area contributed by atoms with Crippen molar-refractivity contribution in [2.45, 2.75) is 92.1 Å². The van der Waals surface area contributed by atoms with Gasteiger partial charge in [0.05, 0.1) is 36.4 Å². The highest BCUT2D eigenvalue weighted by atomic mass is 32.1. The summed E-state index contributed by atoms with van der Waals surface area (Å²) < 4.78 is 198. The van der Waals surface area contributed by atoms with Gasteiger partial charge in [0.2, 0.25) is 0 Å². The van der Waals surface area contributed by atoms with E-state index in [0.717, 1.165) is 46.0 Å². The summed E-state index contributed by atoms with van der Waals surface area (Å²) in [6, 6.07) is -10.4. The van der Waals surface area contributed by atoms with Crippen LogP contribution >= 0.6 is 11.3 Å². The van der Waals surface area contributed by atoms with E-state index in [2.05, 4.69) is 0 Å². The lowest BCUT2D eigenvalue weighted by Crippen LogP contribution is -2.57. The van der Waals surface area contributed by atoms with E-state index in [9.17, 15) is 1.37 Å². The van der Waals surface area contributed by atoms with Crippen LogP contribution in [0.1, 0.15) is 97.8 Å². The number of thiophene rings is 1. The van der Waals surface area contributed by atoms with Crippen LogP contribution in [0.4, 0.5) is 0 Å². The number of methoxy groups -OCH3 is 1. The zero-order chi connectivity index (χ0) is 48.7. The Morgan fingerprint density at radius 2 is 1.77 bits per heavy atom. The third kappa shape index (κ3) is 6.51. The van der Waals surface area contributed by atoms with Crippen molar-refractivity contribution in [1.29, 1.82) is 0 Å². The Balaban J connectivity index is 1.74. The number of rotatable bonds is 10. The second kappa shape index (κ2) is 12.8. The van der Waals surface area contributed by atoms with Crippen LogP contribution in [-0.2, 0) is 0 Å². The molecule has 230 valence electrons. The molecule has 1 fully saturated rings. The third-order valence-electron chi connectivity index (χ3n) is 6.63. The van der Waals surface area contributed by atoms with Crippen molar-refractivity contribution in [2.24, 2.45) is 0 Å². The molecule has 0 saturated carbocycles. The van der Waals surface area contributed by atoms with Crippen LogP contribution in [-0.4, -0.2) is 42.7 Å². The summed E-state index contributed by atoms with van der Waals surface area (Å²) in [5.41, 5.74) is -2.43. The monoisotopic (exact) mass is 621 g/mol. The standard InChI is InChI=1S/C37H47NO4S/c1-10-40-28-13-15-30(23(2)18-28)36-35(31-20-25(4)33(39-9)21-34(31)43-36)42-32-16-14-29(19-24(32)3)41-22-27(6)38-26(5)12-11-17-37(38,7)8/h13-16,18-21,26-27H,10-12,17,22H2,1-9H3/i10D2,11D2,12D2,13D,14D,15D,16D,17D2,18D,19D,20D,21D,22D2,26D,27D. The van der Waals surface area contributed by atoms with Gasteiger partial charge in [0.1, 0.15) is 29.6 Å². The van der Waals surface area contributed by atoms with E-state index >= 15 is 0 Å². The van der Waals surface area contributed by atoms with E-state index in [-0.39, 0.29) is 60.8 Å². The minimum atomic E-state index is -3.45. The minimum absolute atomic E-state index is 0.0148. The molecule has 1 aromatic heterocycles. The Kier molecular flexibility index (Phi) is 4.38. The Labute approximate surface area is 289 Å². The average Bonchev–Trinajstić information content (AvgIpc) is 3.52. The fourth-order valence-corrected chi connectivity index (χ4v) is 5.89. The molecule has 2 heterocycles. The molecule has 0 aliphatic carbocycles. The quantitative estimate of drug-likeness (QED) is 0.176. The molecular formula is C37H47NO4S. The molecule has 0 N–H and O–H groups in total. The highest BCUT2D eigenvalue weighted by molar-refractivity contribution is 7.22. The van der Waals surface area contributed by atoms with Gasteiger partial charge in [-0.3, -0.25) is 4.90 Å². The summed E-state index contributed by atoms with van der Waals surface area (Å²) in [6.45, 7) is 3.38. The van der Waals surface area contributed by atoms with Gasteiger partial charge in [-0.1, -0.05) is 6.37 Å². The van der Waals surface area contributed by atoms with E-state index in [0.29, 0.717) is 4.90 Å². The average molecular weight is 622 g/mol. The van der Waals surface area contributed by atoms with Crippen LogP contribution in [0.15, 0.2) is 48.3 Å². The maximum Gasteiger partial charge on any atom is 0.153 e. The number of ether oxygens (including phenoxy) is 4. The lowest BCUT2D eigenvalue weighted by atomic mass is 9.85. The normalized spacial score (nSPS) is 30.9. The van der Waals surface area contributed by atoms with Crippen molar-refractivity contribution in [2.75, 3.05) is 20.2 Å². The molecule has 43 heavy (non-hydrogen) atoms. The Hall–Kier alpha value is -3.22. The first-order valence-corrected chi connectivity index (χ1v) is 14.2. The molecule has 2 atom stereocenters. The highest BCUT2D eigenvalue weighted by Gasteiger charge is 2.37. The molecule has 1 aliphatic heterocycles. The van der Waals surface area contributed by atoms with Gasteiger partial charge >= 0.3 is 0 Å². The predicted octanol–water partition coefficient (Wildman–Crippen LogP) is 10.1. The van der Waals surface area contributed by atoms with Crippen molar-refractivity contribution in [3.05, 3.63) is 65.0 Å². The predicted molar refractivity (Wildman–Crippen MR) is 180 cm³/mol. The van der Waals surface area contributed by atoms with Gasteiger partial charge in [-0.2, -0.15) is 0 Å². The molecule has 5 nitrogen and oxygen atoms in total. The number of fused-ring (bicyclic) bond motifs is 1. The van der Waals surface area contributed by atoms with Gasteiger partial charge in [-0.05, 0) is 139 Å². The molecule has 0 amide bonds. The topological polar surface area (TPSA) is 40.2 Å². The molecule has 0 spiro atoms. The maximum atomic E-state index is 9.32. The highest BCUT2D eigenvalue weighted by Crippen LogP contribution is 2.49. The summed E-state index contributed by atoms with van der Waals surface area (Å²) in [6.07, 6.45) is -9.83. The molecule has 2 unspecified atom stereocenters. The number of hydrogen-bond acceptors (Lipinski definition) is 6. The summed E-state index contributed by atoms with van der Waals surface area (Å²) in [4.78, 5) is 0.497. The largest absolute Gasteiger partial charge is 0.496 e. The van der Waals surface area contributed by atoms with Crippen molar-refractivity contribution in [3.63, 3.8) is 0 Å². The first-order valence-electron chi connectivity index (χ1n) is 23.4. The third-order valence-corrected chi connectivity index (χ3v) is 7.74. The minimum Gasteiger partial charge on any atom is -0.496 e. The Morgan fingerprint density at radius 1 is 1.07 bits per heavy atom. The van der Waals surface area contributed by atoms with Crippen molar-refractivity contribution >= 4 is 21.4 Å². The van der Waals surface area contributed by atoms with Crippen LogP contribution < -0.4 is 18.9 Å².